The summed E-state index contributed by atoms with van der Waals surface area (Å²) >= 11 is 1.49. The van der Waals surface area contributed by atoms with Crippen molar-refractivity contribution in [3.63, 3.8) is 0 Å². The van der Waals surface area contributed by atoms with E-state index < -0.39 is 36.9 Å². The molecule has 6 atom stereocenters. The van der Waals surface area contributed by atoms with Gasteiger partial charge < -0.3 is 20.8 Å². The van der Waals surface area contributed by atoms with E-state index in [2.05, 4.69) is 20.6 Å². The third-order valence-electron chi connectivity index (χ3n) is 5.85. The maximum atomic E-state index is 12.7. The highest BCUT2D eigenvalue weighted by Crippen LogP contribution is 2.38. The van der Waals surface area contributed by atoms with Gasteiger partial charge in [-0.2, -0.15) is 18.2 Å². The number of hydrogen-bond acceptors (Lipinski definition) is 9. The lowest BCUT2D eigenvalue weighted by Gasteiger charge is -2.22. The van der Waals surface area contributed by atoms with Gasteiger partial charge in [0.1, 0.15) is 29.3 Å². The first-order valence-corrected chi connectivity index (χ1v) is 11.3. The van der Waals surface area contributed by atoms with E-state index in [1.54, 1.807) is 6.92 Å². The van der Waals surface area contributed by atoms with Gasteiger partial charge in [0.15, 0.2) is 0 Å². The molecule has 0 bridgehead atoms. The fourth-order valence-electron chi connectivity index (χ4n) is 4.17. The number of aliphatic hydroxyl groups is 2. The van der Waals surface area contributed by atoms with Crippen molar-refractivity contribution in [1.29, 1.82) is 0 Å². The number of aryl methyl sites for hydroxylation is 1. The van der Waals surface area contributed by atoms with E-state index >= 15 is 0 Å². The lowest BCUT2D eigenvalue weighted by molar-refractivity contribution is -0.124. The van der Waals surface area contributed by atoms with E-state index in [9.17, 15) is 28.2 Å². The van der Waals surface area contributed by atoms with Gasteiger partial charge in [-0.1, -0.05) is 36.1 Å². The topological polar surface area (TPSA) is 120 Å². The molecule has 3 unspecified atom stereocenters. The molecule has 1 aromatic rings. The van der Waals surface area contributed by atoms with Crippen LogP contribution in [0.2, 0.25) is 0 Å². The molecule has 1 fully saturated rings. The molecule has 2 aliphatic carbocycles. The molecule has 3 aliphatic rings. The van der Waals surface area contributed by atoms with Crippen molar-refractivity contribution in [3.8, 4) is 0 Å². The van der Waals surface area contributed by atoms with E-state index in [0.29, 0.717) is 16.3 Å². The number of ketones is 1. The lowest BCUT2D eigenvalue weighted by atomic mass is 10.0. The zero-order valence-corrected chi connectivity index (χ0v) is 18.7. The summed E-state index contributed by atoms with van der Waals surface area (Å²) in [6.45, 7) is 1.68. The van der Waals surface area contributed by atoms with Crippen molar-refractivity contribution >= 4 is 34.4 Å². The standard InChI is InChI=1S/C21H24F3N5O3S/c1-9-15(19-28-12-5-3-4-6-14(12)33-19)18(29-20(26-9)25-8-21(22,23)24)27-13-7-11(10(2)30)16(31)17(13)32/h3-6,11-14,16-17,31-32H,7-8H2,1-2H3,(H2,25,26,27,29)/t11-,12?,13?,14?,16-,17+/m1/s1. The summed E-state index contributed by atoms with van der Waals surface area (Å²) in [7, 11) is 0. The molecule has 12 heteroatoms. The van der Waals surface area contributed by atoms with Crippen LogP contribution in [0.3, 0.4) is 0 Å². The number of anilines is 2. The number of carbonyl (C=O) groups is 1. The molecule has 4 rings (SSSR count). The molecule has 2 heterocycles. The molecule has 0 saturated heterocycles. The summed E-state index contributed by atoms with van der Waals surface area (Å²) in [6.07, 6.45) is 1.01. The Kier molecular flexibility index (Phi) is 6.52. The number of Topliss-reactive ketones (excluding diaryl/α,β-unsaturated/α-hetero) is 1. The van der Waals surface area contributed by atoms with Crippen LogP contribution in [0, 0.1) is 12.8 Å². The Balaban J connectivity index is 1.68. The van der Waals surface area contributed by atoms with Crippen LogP contribution in [-0.2, 0) is 4.79 Å². The number of nitrogens with one attached hydrogen (secondary N) is 2. The number of fused-ring (bicyclic) bond motifs is 1. The molecule has 33 heavy (non-hydrogen) atoms. The van der Waals surface area contributed by atoms with Crippen LogP contribution in [0.1, 0.15) is 24.6 Å². The highest BCUT2D eigenvalue weighted by molar-refractivity contribution is 8.15. The Morgan fingerprint density at radius 2 is 1.94 bits per heavy atom. The maximum Gasteiger partial charge on any atom is 0.405 e. The first-order valence-electron chi connectivity index (χ1n) is 10.5. The van der Waals surface area contributed by atoms with E-state index in [-0.39, 0.29) is 35.3 Å². The molecule has 0 amide bonds. The molecule has 1 aliphatic heterocycles. The molecular formula is C21H24F3N5O3S. The molecule has 0 radical (unpaired) electrons. The molecule has 4 N–H and O–H groups in total. The van der Waals surface area contributed by atoms with Gasteiger partial charge >= 0.3 is 6.18 Å². The van der Waals surface area contributed by atoms with Crippen molar-refractivity contribution in [1.82, 2.24) is 9.97 Å². The second kappa shape index (κ2) is 9.07. The van der Waals surface area contributed by atoms with Gasteiger partial charge in [-0.25, -0.2) is 4.98 Å². The molecule has 178 valence electrons. The number of aliphatic imine (C=N–C) groups is 1. The third kappa shape index (κ3) is 5.07. The number of hydrogen-bond donors (Lipinski definition) is 4. The van der Waals surface area contributed by atoms with Gasteiger partial charge in [0.2, 0.25) is 5.95 Å². The zero-order valence-electron chi connectivity index (χ0n) is 17.9. The van der Waals surface area contributed by atoms with E-state index in [1.165, 1.54) is 18.7 Å². The maximum absolute atomic E-state index is 12.7. The highest BCUT2D eigenvalue weighted by Gasteiger charge is 2.44. The number of aromatic nitrogens is 2. The second-order valence-corrected chi connectivity index (χ2v) is 9.45. The van der Waals surface area contributed by atoms with Gasteiger partial charge in [0.05, 0.1) is 34.7 Å². The van der Waals surface area contributed by atoms with Gasteiger partial charge in [-0.3, -0.25) is 9.79 Å². The number of thioether (sulfide) groups is 1. The summed E-state index contributed by atoms with van der Waals surface area (Å²) < 4.78 is 38.1. The number of alkyl halides is 3. The summed E-state index contributed by atoms with van der Waals surface area (Å²) in [5, 5.41) is 26.7. The van der Waals surface area contributed by atoms with Crippen molar-refractivity contribution in [2.45, 2.75) is 56.0 Å². The van der Waals surface area contributed by atoms with Gasteiger partial charge in [-0.15, -0.1) is 0 Å². The van der Waals surface area contributed by atoms with Crippen LogP contribution in [0.25, 0.3) is 0 Å². The average Bonchev–Trinajstić information content (AvgIpc) is 3.28. The SMILES string of the molecule is CC(=O)[C@H]1CC(Nc2nc(NCC(F)(F)F)nc(C)c2C2=NC3C=CC=CC3S2)[C@H](O)[C@@H]1O. The predicted molar refractivity (Wildman–Crippen MR) is 120 cm³/mol. The van der Waals surface area contributed by atoms with Crippen LogP contribution in [0.15, 0.2) is 29.3 Å². The normalized spacial score (nSPS) is 30.8. The molecule has 1 aromatic heterocycles. The van der Waals surface area contributed by atoms with Crippen LogP contribution < -0.4 is 10.6 Å². The number of aliphatic hydroxyl groups excluding tert-OH is 2. The van der Waals surface area contributed by atoms with Crippen LogP contribution in [0.4, 0.5) is 24.9 Å². The Morgan fingerprint density at radius 1 is 1.21 bits per heavy atom. The Labute approximate surface area is 192 Å². The number of rotatable bonds is 6. The fourth-order valence-corrected chi connectivity index (χ4v) is 5.43. The number of allylic oxidation sites excluding steroid dienone is 2. The monoisotopic (exact) mass is 483 g/mol. The zero-order chi connectivity index (χ0) is 23.9. The summed E-state index contributed by atoms with van der Waals surface area (Å²) in [6, 6.07) is -0.808. The van der Waals surface area contributed by atoms with E-state index in [1.807, 2.05) is 24.3 Å². The average molecular weight is 484 g/mol. The van der Waals surface area contributed by atoms with Crippen LogP contribution in [0.5, 0.6) is 0 Å². The van der Waals surface area contributed by atoms with Crippen molar-refractivity contribution in [3.05, 3.63) is 35.6 Å². The van der Waals surface area contributed by atoms with Crippen LogP contribution >= 0.6 is 11.8 Å². The van der Waals surface area contributed by atoms with Crippen LogP contribution in [-0.4, -0.2) is 73.3 Å². The smallest absolute Gasteiger partial charge is 0.390 e. The molecule has 8 nitrogen and oxygen atoms in total. The quantitative estimate of drug-likeness (QED) is 0.486. The number of carbonyl (C=O) groups excluding carboxylic acids is 1. The van der Waals surface area contributed by atoms with E-state index in [0.717, 1.165) is 0 Å². The van der Waals surface area contributed by atoms with Crippen molar-refractivity contribution in [2.75, 3.05) is 17.2 Å². The summed E-state index contributed by atoms with van der Waals surface area (Å²) in [5.74, 6) is -1.04. The minimum atomic E-state index is -4.45. The Morgan fingerprint density at radius 3 is 2.58 bits per heavy atom. The largest absolute Gasteiger partial charge is 0.405 e. The number of halogens is 3. The van der Waals surface area contributed by atoms with E-state index in [4.69, 9.17) is 4.99 Å². The fraction of sp³-hybridized carbons (Fsp3) is 0.524. The van der Waals surface area contributed by atoms with Crippen molar-refractivity contribution in [2.24, 2.45) is 10.9 Å². The summed E-state index contributed by atoms with van der Waals surface area (Å²) in [4.78, 5) is 25.0. The van der Waals surface area contributed by atoms with Gasteiger partial charge in [-0.05, 0) is 20.3 Å². The Bertz CT molecular complexity index is 1030. The first-order chi connectivity index (χ1) is 15.5. The minimum Gasteiger partial charge on any atom is -0.390 e. The third-order valence-corrected chi connectivity index (χ3v) is 7.09. The number of nitrogens with zero attached hydrogens (tertiary/aromatic N) is 3. The predicted octanol–water partition coefficient (Wildman–Crippen LogP) is 2.23. The van der Waals surface area contributed by atoms with Gasteiger partial charge in [0.25, 0.3) is 0 Å². The summed E-state index contributed by atoms with van der Waals surface area (Å²) in [5.41, 5.74) is 0.924. The highest BCUT2D eigenvalue weighted by atomic mass is 32.2. The Hall–Kier alpha value is -2.44. The van der Waals surface area contributed by atoms with Gasteiger partial charge in [0, 0.05) is 5.92 Å². The molecule has 0 aromatic carbocycles. The second-order valence-electron chi connectivity index (χ2n) is 8.29. The molecule has 1 saturated carbocycles. The lowest BCUT2D eigenvalue weighted by Crippen LogP contribution is -2.36. The molecule has 0 spiro atoms. The minimum absolute atomic E-state index is 0.0775. The molecular weight excluding hydrogens is 459 g/mol. The van der Waals surface area contributed by atoms with Crippen molar-refractivity contribution < 1.29 is 28.2 Å². The first kappa shape index (κ1) is 23.7.